The molecule has 186 valence electrons. The Kier molecular flexibility index (Phi) is 7.12. The molecule has 0 aliphatic rings. The maximum absolute atomic E-state index is 13.1. The van der Waals surface area contributed by atoms with Gasteiger partial charge in [0.2, 0.25) is 5.95 Å². The summed E-state index contributed by atoms with van der Waals surface area (Å²) in [4.78, 5) is 23.3. The maximum Gasteiger partial charge on any atom is 0.268 e. The summed E-state index contributed by atoms with van der Waals surface area (Å²) >= 11 is 1.33. The van der Waals surface area contributed by atoms with E-state index < -0.39 is 5.60 Å². The van der Waals surface area contributed by atoms with Gasteiger partial charge in [-0.2, -0.15) is 0 Å². The first-order valence-corrected chi connectivity index (χ1v) is 12.6. The zero-order valence-corrected chi connectivity index (χ0v) is 21.9. The number of imidazole rings is 1. The summed E-state index contributed by atoms with van der Waals surface area (Å²) in [5.41, 5.74) is 1.75. The number of nitrogens with one attached hydrogen (secondary N) is 2. The second kappa shape index (κ2) is 9.93. The Morgan fingerprint density at radius 2 is 2.00 bits per heavy atom. The molecule has 1 aromatic carbocycles. The first kappa shape index (κ1) is 25.1. The number of aliphatic hydroxyl groups is 1. The van der Waals surface area contributed by atoms with Gasteiger partial charge in [0.15, 0.2) is 11.7 Å². The van der Waals surface area contributed by atoms with Gasteiger partial charge in [0.1, 0.15) is 0 Å². The van der Waals surface area contributed by atoms with Crippen molar-refractivity contribution in [3.05, 3.63) is 52.9 Å². The molecule has 0 saturated heterocycles. The van der Waals surface area contributed by atoms with Crippen LogP contribution in [0.3, 0.4) is 0 Å². The Hall–Kier alpha value is -3.01. The number of anilines is 1. The number of thiophene rings is 1. The van der Waals surface area contributed by atoms with Crippen LogP contribution in [-0.4, -0.2) is 37.2 Å². The van der Waals surface area contributed by atoms with Gasteiger partial charge in [0.25, 0.3) is 5.91 Å². The topological polar surface area (TPSA) is 105 Å². The number of rotatable bonds is 9. The fourth-order valence-electron chi connectivity index (χ4n) is 3.67. The third-order valence-corrected chi connectivity index (χ3v) is 7.00. The number of hydrogen-bond donors (Lipinski definition) is 3. The van der Waals surface area contributed by atoms with E-state index in [1.807, 2.05) is 22.8 Å². The van der Waals surface area contributed by atoms with Gasteiger partial charge >= 0.3 is 0 Å². The number of nitrogens with zero attached hydrogens (tertiary/aromatic N) is 3. The molecule has 1 atom stereocenters. The van der Waals surface area contributed by atoms with Crippen molar-refractivity contribution >= 4 is 34.2 Å². The third kappa shape index (κ3) is 5.98. The zero-order valence-electron chi connectivity index (χ0n) is 21.0. The molecule has 3 N–H and O–H groups in total. The Morgan fingerprint density at radius 1 is 1.23 bits per heavy atom. The van der Waals surface area contributed by atoms with Crippen molar-refractivity contribution in [3.63, 3.8) is 0 Å². The number of aromatic nitrogens is 3. The second-order valence-electron chi connectivity index (χ2n) is 9.93. The highest BCUT2D eigenvalue weighted by Gasteiger charge is 2.22. The smallest absolute Gasteiger partial charge is 0.268 e. The number of carbonyl (C=O) groups excluding carboxylic acids is 1. The zero-order chi connectivity index (χ0) is 25.3. The molecule has 0 aliphatic carbocycles. The van der Waals surface area contributed by atoms with Crippen molar-refractivity contribution in [3.8, 4) is 10.6 Å². The van der Waals surface area contributed by atoms with Crippen LogP contribution in [0.2, 0.25) is 0 Å². The molecule has 0 fully saturated rings. The summed E-state index contributed by atoms with van der Waals surface area (Å²) in [5, 5.41) is 17.0. The van der Waals surface area contributed by atoms with Crippen molar-refractivity contribution in [2.45, 2.75) is 66.3 Å². The number of benzene rings is 1. The van der Waals surface area contributed by atoms with Gasteiger partial charge in [-0.25, -0.2) is 9.97 Å². The van der Waals surface area contributed by atoms with Crippen LogP contribution in [-0.2, 0) is 13.1 Å². The van der Waals surface area contributed by atoms with E-state index in [1.165, 1.54) is 11.3 Å². The van der Waals surface area contributed by atoms with Gasteiger partial charge in [-0.05, 0) is 56.5 Å². The Morgan fingerprint density at radius 3 is 2.66 bits per heavy atom. The fourth-order valence-corrected chi connectivity index (χ4v) is 4.52. The van der Waals surface area contributed by atoms with Crippen molar-refractivity contribution in [1.29, 1.82) is 0 Å². The molecule has 0 radical (unpaired) electrons. The lowest BCUT2D eigenvalue weighted by Crippen LogP contribution is -2.30. The molecule has 4 aromatic rings. The predicted molar refractivity (Wildman–Crippen MR) is 140 cm³/mol. The lowest BCUT2D eigenvalue weighted by atomic mass is 10.1. The quantitative estimate of drug-likeness (QED) is 0.294. The van der Waals surface area contributed by atoms with Gasteiger partial charge in [0.05, 0.1) is 39.1 Å². The van der Waals surface area contributed by atoms with E-state index in [-0.39, 0.29) is 12.5 Å². The van der Waals surface area contributed by atoms with Crippen LogP contribution in [0.4, 0.5) is 5.95 Å². The van der Waals surface area contributed by atoms with E-state index in [0.29, 0.717) is 34.4 Å². The van der Waals surface area contributed by atoms with Crippen LogP contribution in [0.1, 0.15) is 55.7 Å². The van der Waals surface area contributed by atoms with E-state index in [2.05, 4.69) is 42.5 Å². The van der Waals surface area contributed by atoms with Crippen LogP contribution in [0, 0.1) is 12.8 Å². The van der Waals surface area contributed by atoms with Gasteiger partial charge in [0, 0.05) is 19.5 Å². The number of hydrogen-bond acceptors (Lipinski definition) is 7. The molecule has 0 aliphatic heterocycles. The highest BCUT2D eigenvalue weighted by atomic mass is 32.1. The number of aryl methyl sites for hydroxylation is 1. The monoisotopic (exact) mass is 495 g/mol. The van der Waals surface area contributed by atoms with Gasteiger partial charge in [-0.15, -0.1) is 11.3 Å². The Balaban J connectivity index is 1.60. The van der Waals surface area contributed by atoms with Crippen molar-refractivity contribution in [1.82, 2.24) is 19.9 Å². The van der Waals surface area contributed by atoms with Crippen molar-refractivity contribution in [2.75, 3.05) is 5.32 Å². The molecular formula is C26H33N5O3S. The summed E-state index contributed by atoms with van der Waals surface area (Å²) in [6.07, 6.45) is 1.65. The fraction of sp³-hybridized carbons (Fsp3) is 0.423. The van der Waals surface area contributed by atoms with Crippen LogP contribution >= 0.6 is 11.3 Å². The summed E-state index contributed by atoms with van der Waals surface area (Å²) in [6, 6.07) is 10.1. The van der Waals surface area contributed by atoms with Crippen molar-refractivity contribution in [2.24, 2.45) is 5.92 Å². The van der Waals surface area contributed by atoms with Crippen LogP contribution in [0.25, 0.3) is 21.7 Å². The molecule has 4 rings (SSSR count). The summed E-state index contributed by atoms with van der Waals surface area (Å²) in [6.45, 7) is 12.8. The molecule has 8 nitrogen and oxygen atoms in total. The van der Waals surface area contributed by atoms with E-state index in [0.717, 1.165) is 28.0 Å². The summed E-state index contributed by atoms with van der Waals surface area (Å²) in [5.74, 6) is 1.88. The average molecular weight is 496 g/mol. The maximum atomic E-state index is 13.1. The van der Waals surface area contributed by atoms with Crippen LogP contribution in [0.15, 0.2) is 40.9 Å². The largest absolute Gasteiger partial charge is 0.440 e. The summed E-state index contributed by atoms with van der Waals surface area (Å²) < 4.78 is 7.43. The van der Waals surface area contributed by atoms with E-state index >= 15 is 0 Å². The Bertz CT molecular complexity index is 1330. The molecule has 9 heteroatoms. The molecule has 35 heavy (non-hydrogen) atoms. The average Bonchev–Trinajstić information content (AvgIpc) is 3.50. The lowest BCUT2D eigenvalue weighted by molar-refractivity contribution is 0.0630. The van der Waals surface area contributed by atoms with Crippen molar-refractivity contribution < 1.29 is 14.3 Å². The van der Waals surface area contributed by atoms with Gasteiger partial charge in [-0.1, -0.05) is 19.9 Å². The number of amides is 1. The normalized spacial score (nSPS) is 13.0. The minimum atomic E-state index is -0.986. The SMILES string of the molecule is Cc1ncc(-c2ccc(C(=O)Nc3nc4cc(CNC(C)C(C)C)ccc4n3CC(C)(C)O)s2)o1. The highest BCUT2D eigenvalue weighted by molar-refractivity contribution is 7.17. The van der Waals surface area contributed by atoms with Gasteiger partial charge in [-0.3, -0.25) is 10.1 Å². The minimum Gasteiger partial charge on any atom is -0.440 e. The van der Waals surface area contributed by atoms with E-state index in [1.54, 1.807) is 33.0 Å². The highest BCUT2D eigenvalue weighted by Crippen LogP contribution is 2.30. The molecule has 1 unspecified atom stereocenters. The molecular weight excluding hydrogens is 462 g/mol. The third-order valence-electron chi connectivity index (χ3n) is 5.91. The second-order valence-corrected chi connectivity index (χ2v) is 11.0. The minimum absolute atomic E-state index is 0.266. The standard InChI is InChI=1S/C26H33N5O3S/c1-15(2)16(3)27-12-18-7-8-20-19(11-18)29-25(31(20)14-26(5,6)33)30-24(32)23-10-9-22(35-23)21-13-28-17(4)34-21/h7-11,13,15-16,27,33H,12,14H2,1-6H3,(H,29,30,32). The lowest BCUT2D eigenvalue weighted by Gasteiger charge is -2.20. The predicted octanol–water partition coefficient (Wildman–Crippen LogP) is 5.22. The van der Waals surface area contributed by atoms with Gasteiger partial charge < -0.3 is 19.4 Å². The molecule has 3 heterocycles. The number of fused-ring (bicyclic) bond motifs is 1. The molecule has 1 amide bonds. The number of oxazole rings is 1. The first-order chi connectivity index (χ1) is 16.5. The Labute approximate surface area is 209 Å². The molecule has 0 bridgehead atoms. The number of carbonyl (C=O) groups is 1. The molecule has 3 aromatic heterocycles. The van der Waals surface area contributed by atoms with Crippen LogP contribution < -0.4 is 10.6 Å². The van der Waals surface area contributed by atoms with Crippen LogP contribution in [0.5, 0.6) is 0 Å². The molecule has 0 spiro atoms. The van der Waals surface area contributed by atoms with E-state index in [9.17, 15) is 9.90 Å². The molecule has 0 saturated carbocycles. The first-order valence-electron chi connectivity index (χ1n) is 11.8. The summed E-state index contributed by atoms with van der Waals surface area (Å²) in [7, 11) is 0. The van der Waals surface area contributed by atoms with E-state index in [4.69, 9.17) is 9.40 Å².